The number of hydrogen-bond donors (Lipinski definition) is 2. The highest BCUT2D eigenvalue weighted by Crippen LogP contribution is 2.29. The van der Waals surface area contributed by atoms with Crippen molar-refractivity contribution < 1.29 is 9.50 Å². The van der Waals surface area contributed by atoms with Crippen molar-refractivity contribution in [1.82, 2.24) is 0 Å². The van der Waals surface area contributed by atoms with E-state index in [1.54, 1.807) is 20.8 Å². The minimum absolute atomic E-state index is 0.240. The quantitative estimate of drug-likeness (QED) is 0.863. The number of hydrogen-bond acceptors (Lipinski definition) is 3. The van der Waals surface area contributed by atoms with Crippen LogP contribution in [0.25, 0.3) is 0 Å². The van der Waals surface area contributed by atoms with Gasteiger partial charge < -0.3 is 15.7 Å². The highest BCUT2D eigenvalue weighted by Gasteiger charge is 2.21. The molecule has 1 aromatic rings. The van der Waals surface area contributed by atoms with Crippen LogP contribution in [0.15, 0.2) is 12.1 Å². The molecule has 0 fully saturated rings. The molecule has 1 aromatic carbocycles. The number of nitrogens with zero attached hydrogens (tertiary/aromatic N) is 1. The van der Waals surface area contributed by atoms with Crippen molar-refractivity contribution in [2.75, 3.05) is 18.0 Å². The molecular weight excluding hydrogens is 243 g/mol. The summed E-state index contributed by atoms with van der Waals surface area (Å²) in [6.07, 6.45) is 0. The lowest BCUT2D eigenvalue weighted by atomic mass is 10.0. The largest absolute Gasteiger partial charge is 0.389 e. The van der Waals surface area contributed by atoms with E-state index >= 15 is 0 Å². The van der Waals surface area contributed by atoms with Crippen LogP contribution in [0.5, 0.6) is 0 Å². The first kappa shape index (κ1) is 15.9. The normalized spacial score (nSPS) is 13.5. The fraction of sp³-hybridized carbons (Fsp3) is 0.600. The van der Waals surface area contributed by atoms with E-state index in [1.807, 2.05) is 24.8 Å². The maximum atomic E-state index is 13.7. The van der Waals surface area contributed by atoms with Crippen LogP contribution in [-0.2, 0) is 0 Å². The minimum Gasteiger partial charge on any atom is -0.389 e. The average molecular weight is 268 g/mol. The first-order valence-corrected chi connectivity index (χ1v) is 6.68. The SMILES string of the molecule is CCN(CC(C)(C)O)c1cc(C)c(F)cc1C(C)N. The van der Waals surface area contributed by atoms with E-state index in [-0.39, 0.29) is 11.9 Å². The third-order valence-corrected chi connectivity index (χ3v) is 3.10. The van der Waals surface area contributed by atoms with Gasteiger partial charge in [-0.3, -0.25) is 0 Å². The molecule has 1 rings (SSSR count). The molecule has 3 N–H and O–H groups in total. The molecule has 1 atom stereocenters. The number of anilines is 1. The lowest BCUT2D eigenvalue weighted by Gasteiger charge is -2.32. The van der Waals surface area contributed by atoms with E-state index in [0.717, 1.165) is 17.8 Å². The summed E-state index contributed by atoms with van der Waals surface area (Å²) in [4.78, 5) is 2.03. The molecule has 0 aliphatic rings. The van der Waals surface area contributed by atoms with Gasteiger partial charge in [0.2, 0.25) is 0 Å². The number of rotatable bonds is 5. The number of aliphatic hydroxyl groups is 1. The molecule has 0 amide bonds. The molecule has 0 spiro atoms. The van der Waals surface area contributed by atoms with E-state index in [9.17, 15) is 9.50 Å². The van der Waals surface area contributed by atoms with Gasteiger partial charge in [0, 0.05) is 24.8 Å². The van der Waals surface area contributed by atoms with Gasteiger partial charge in [0.05, 0.1) is 5.60 Å². The van der Waals surface area contributed by atoms with E-state index in [2.05, 4.69) is 0 Å². The Bertz CT molecular complexity index is 439. The molecule has 3 nitrogen and oxygen atoms in total. The van der Waals surface area contributed by atoms with Gasteiger partial charge >= 0.3 is 0 Å². The maximum absolute atomic E-state index is 13.7. The summed E-state index contributed by atoms with van der Waals surface area (Å²) in [5.41, 5.74) is 7.39. The highest BCUT2D eigenvalue weighted by molar-refractivity contribution is 5.57. The minimum atomic E-state index is -0.812. The summed E-state index contributed by atoms with van der Waals surface area (Å²) in [6.45, 7) is 10.3. The molecule has 0 saturated heterocycles. The van der Waals surface area contributed by atoms with Crippen molar-refractivity contribution >= 4 is 5.69 Å². The maximum Gasteiger partial charge on any atom is 0.126 e. The molecule has 0 aromatic heterocycles. The Labute approximate surface area is 115 Å². The molecule has 0 aliphatic heterocycles. The van der Waals surface area contributed by atoms with Crippen molar-refractivity contribution in [3.63, 3.8) is 0 Å². The Morgan fingerprint density at radius 3 is 2.42 bits per heavy atom. The summed E-state index contributed by atoms with van der Waals surface area (Å²) in [6, 6.07) is 3.06. The van der Waals surface area contributed by atoms with Gasteiger partial charge in [-0.15, -0.1) is 0 Å². The van der Waals surface area contributed by atoms with E-state index in [0.29, 0.717) is 12.1 Å². The predicted molar refractivity (Wildman–Crippen MR) is 77.9 cm³/mol. The van der Waals surface area contributed by atoms with Gasteiger partial charge in [-0.2, -0.15) is 0 Å². The van der Waals surface area contributed by atoms with Gasteiger partial charge in [0.15, 0.2) is 0 Å². The van der Waals surface area contributed by atoms with Crippen LogP contribution in [0, 0.1) is 12.7 Å². The Balaban J connectivity index is 3.25. The zero-order chi connectivity index (χ0) is 14.8. The van der Waals surface area contributed by atoms with Gasteiger partial charge in [0.25, 0.3) is 0 Å². The fourth-order valence-corrected chi connectivity index (χ4v) is 2.15. The van der Waals surface area contributed by atoms with E-state index < -0.39 is 5.60 Å². The molecule has 0 heterocycles. The van der Waals surface area contributed by atoms with Crippen LogP contribution < -0.4 is 10.6 Å². The second kappa shape index (κ2) is 5.88. The topological polar surface area (TPSA) is 49.5 Å². The van der Waals surface area contributed by atoms with Gasteiger partial charge in [-0.1, -0.05) is 0 Å². The van der Waals surface area contributed by atoms with Crippen molar-refractivity contribution in [2.45, 2.75) is 46.3 Å². The monoisotopic (exact) mass is 268 g/mol. The first-order chi connectivity index (χ1) is 8.65. The molecule has 0 radical (unpaired) electrons. The van der Waals surface area contributed by atoms with Gasteiger partial charge in [-0.25, -0.2) is 4.39 Å². The fourth-order valence-electron chi connectivity index (χ4n) is 2.15. The second-order valence-corrected chi connectivity index (χ2v) is 5.78. The summed E-state index contributed by atoms with van der Waals surface area (Å²) >= 11 is 0. The van der Waals surface area contributed by atoms with Crippen LogP contribution >= 0.6 is 0 Å². The Hall–Kier alpha value is -1.13. The van der Waals surface area contributed by atoms with Crippen LogP contribution in [0.2, 0.25) is 0 Å². The van der Waals surface area contributed by atoms with E-state index in [4.69, 9.17) is 5.73 Å². The molecule has 4 heteroatoms. The van der Waals surface area contributed by atoms with Crippen LogP contribution in [-0.4, -0.2) is 23.8 Å². The molecule has 0 aliphatic carbocycles. The number of nitrogens with two attached hydrogens (primary N) is 1. The van der Waals surface area contributed by atoms with Crippen molar-refractivity contribution in [1.29, 1.82) is 0 Å². The Morgan fingerprint density at radius 2 is 2.00 bits per heavy atom. The van der Waals surface area contributed by atoms with Gasteiger partial charge in [0.1, 0.15) is 5.82 Å². The third kappa shape index (κ3) is 4.18. The zero-order valence-corrected chi connectivity index (χ0v) is 12.5. The summed E-state index contributed by atoms with van der Waals surface area (Å²) < 4.78 is 13.7. The van der Waals surface area contributed by atoms with Crippen LogP contribution in [0.1, 0.15) is 44.9 Å². The van der Waals surface area contributed by atoms with Crippen molar-refractivity contribution in [3.8, 4) is 0 Å². The predicted octanol–water partition coefficient (Wildman–Crippen LogP) is 2.75. The van der Waals surface area contributed by atoms with Crippen molar-refractivity contribution in [2.24, 2.45) is 5.73 Å². The Kier molecular flexibility index (Phi) is 4.93. The first-order valence-electron chi connectivity index (χ1n) is 6.68. The molecular formula is C15H25FN2O. The number of benzene rings is 1. The van der Waals surface area contributed by atoms with Gasteiger partial charge in [-0.05, 0) is 57.9 Å². The molecule has 19 heavy (non-hydrogen) atoms. The van der Waals surface area contributed by atoms with E-state index in [1.165, 1.54) is 6.07 Å². The number of likely N-dealkylation sites (N-methyl/N-ethyl adjacent to an activating group) is 1. The second-order valence-electron chi connectivity index (χ2n) is 5.78. The summed E-state index contributed by atoms with van der Waals surface area (Å²) in [7, 11) is 0. The average Bonchev–Trinajstić information content (AvgIpc) is 2.27. The lowest BCUT2D eigenvalue weighted by Crippen LogP contribution is -2.39. The van der Waals surface area contributed by atoms with Crippen LogP contribution in [0.3, 0.4) is 0 Å². The summed E-state index contributed by atoms with van der Waals surface area (Å²) in [5, 5.41) is 9.99. The van der Waals surface area contributed by atoms with Crippen molar-refractivity contribution in [3.05, 3.63) is 29.1 Å². The number of aryl methyl sites for hydroxylation is 1. The zero-order valence-electron chi connectivity index (χ0n) is 12.5. The molecule has 1 unspecified atom stereocenters. The molecule has 108 valence electrons. The summed E-state index contributed by atoms with van der Waals surface area (Å²) in [5.74, 6) is -0.240. The molecule has 0 bridgehead atoms. The molecule has 0 saturated carbocycles. The standard InChI is InChI=1S/C15H25FN2O/c1-6-18(9-15(4,5)19)14-7-10(2)13(16)8-12(14)11(3)17/h7-8,11,19H,6,9,17H2,1-5H3. The Morgan fingerprint density at radius 1 is 1.42 bits per heavy atom. The lowest BCUT2D eigenvalue weighted by molar-refractivity contribution is 0.0875. The smallest absolute Gasteiger partial charge is 0.126 e. The third-order valence-electron chi connectivity index (χ3n) is 3.10. The number of halogens is 1. The highest BCUT2D eigenvalue weighted by atomic mass is 19.1. The van der Waals surface area contributed by atoms with Crippen LogP contribution in [0.4, 0.5) is 10.1 Å².